The van der Waals surface area contributed by atoms with E-state index in [9.17, 15) is 9.59 Å². The lowest BCUT2D eigenvalue weighted by atomic mass is 10.0. The number of rotatable bonds is 4. The number of benzene rings is 1. The Morgan fingerprint density at radius 3 is 2.43 bits per heavy atom. The molecule has 1 aliphatic rings. The smallest absolute Gasteiger partial charge is 0.407 e. The van der Waals surface area contributed by atoms with Crippen LogP contribution in [0.3, 0.4) is 0 Å². The molecule has 1 aromatic rings. The number of alkyl carbamates (subject to hydrolysis) is 1. The first-order valence-corrected chi connectivity index (χ1v) is 8.73. The monoisotopic (exact) mass is 382 g/mol. The van der Waals surface area contributed by atoms with Crippen molar-refractivity contribution in [1.29, 1.82) is 0 Å². The number of carbonyl (C=O) groups is 2. The Labute approximate surface area is 145 Å². The van der Waals surface area contributed by atoms with Gasteiger partial charge in [-0.1, -0.05) is 29.8 Å². The number of amides is 2. The lowest BCUT2D eigenvalue weighted by molar-refractivity contribution is 0.0700. The van der Waals surface area contributed by atoms with Crippen molar-refractivity contribution in [2.24, 2.45) is 5.92 Å². The number of halogens is 1. The van der Waals surface area contributed by atoms with Crippen LogP contribution in [0, 0.1) is 5.92 Å². The zero-order valence-corrected chi connectivity index (χ0v) is 15.1. The van der Waals surface area contributed by atoms with Crippen molar-refractivity contribution in [2.75, 3.05) is 19.7 Å². The number of carbonyl (C=O) groups excluding carboxylic acids is 2. The molecule has 5 nitrogen and oxygen atoms in total. The van der Waals surface area contributed by atoms with Gasteiger partial charge in [0.1, 0.15) is 0 Å². The Hall–Kier alpha value is -1.56. The van der Waals surface area contributed by atoms with E-state index < -0.39 is 0 Å². The lowest BCUT2D eigenvalue weighted by Crippen LogP contribution is -2.46. The highest BCUT2D eigenvalue weighted by atomic mass is 79.9. The summed E-state index contributed by atoms with van der Waals surface area (Å²) in [6.07, 6.45) is 1.13. The number of hydrogen-bond donors (Lipinski definition) is 1. The average Bonchev–Trinajstić information content (AvgIpc) is 2.54. The molecule has 2 rings (SSSR count). The van der Waals surface area contributed by atoms with Gasteiger partial charge in [-0.05, 0) is 43.0 Å². The van der Waals surface area contributed by atoms with E-state index in [2.05, 4.69) is 21.2 Å². The third-order valence-electron chi connectivity index (χ3n) is 3.74. The largest absolute Gasteiger partial charge is 0.449 e. The highest BCUT2D eigenvalue weighted by molar-refractivity contribution is 9.10. The van der Waals surface area contributed by atoms with Crippen molar-refractivity contribution in [3.8, 4) is 0 Å². The van der Waals surface area contributed by atoms with E-state index in [1.807, 2.05) is 43.0 Å². The van der Waals surface area contributed by atoms with E-state index in [0.29, 0.717) is 31.2 Å². The van der Waals surface area contributed by atoms with Crippen LogP contribution in [-0.2, 0) is 4.74 Å². The summed E-state index contributed by atoms with van der Waals surface area (Å²) in [7, 11) is 0. The first-order chi connectivity index (χ1) is 11.0. The predicted octanol–water partition coefficient (Wildman–Crippen LogP) is 3.44. The van der Waals surface area contributed by atoms with Crippen molar-refractivity contribution in [3.05, 3.63) is 34.3 Å². The van der Waals surface area contributed by atoms with Crippen molar-refractivity contribution in [2.45, 2.75) is 32.7 Å². The van der Waals surface area contributed by atoms with Gasteiger partial charge in [-0.15, -0.1) is 0 Å². The molecular formula is C17H23BrN2O3. The van der Waals surface area contributed by atoms with E-state index in [1.165, 1.54) is 0 Å². The number of nitrogens with one attached hydrogen (secondary N) is 1. The van der Waals surface area contributed by atoms with E-state index >= 15 is 0 Å². The molecule has 1 aromatic carbocycles. The molecule has 0 aromatic heterocycles. The molecule has 1 N–H and O–H groups in total. The van der Waals surface area contributed by atoms with Crippen molar-refractivity contribution in [1.82, 2.24) is 10.2 Å². The van der Waals surface area contributed by atoms with Crippen LogP contribution in [0.1, 0.15) is 37.0 Å². The molecule has 0 atom stereocenters. The average molecular weight is 383 g/mol. The SMILES string of the molecule is CC(C)COC(=O)NC1CCN(C(=O)c2ccc(Br)cc2)CC1. The summed E-state index contributed by atoms with van der Waals surface area (Å²) in [5.41, 5.74) is 0.691. The number of ether oxygens (including phenoxy) is 1. The van der Waals surface area contributed by atoms with Gasteiger partial charge in [0.2, 0.25) is 0 Å². The highest BCUT2D eigenvalue weighted by Gasteiger charge is 2.24. The van der Waals surface area contributed by atoms with Gasteiger partial charge < -0.3 is 15.0 Å². The van der Waals surface area contributed by atoms with Gasteiger partial charge in [-0.2, -0.15) is 0 Å². The third-order valence-corrected chi connectivity index (χ3v) is 4.27. The fraction of sp³-hybridized carbons (Fsp3) is 0.529. The molecule has 6 heteroatoms. The van der Waals surface area contributed by atoms with Crippen LogP contribution < -0.4 is 5.32 Å². The molecule has 0 saturated carbocycles. The summed E-state index contributed by atoms with van der Waals surface area (Å²) in [6, 6.07) is 7.45. The number of nitrogens with zero attached hydrogens (tertiary/aromatic N) is 1. The van der Waals surface area contributed by atoms with Crippen LogP contribution in [0.15, 0.2) is 28.7 Å². The van der Waals surface area contributed by atoms with Crippen LogP contribution >= 0.6 is 15.9 Å². The van der Waals surface area contributed by atoms with Gasteiger partial charge in [0.25, 0.3) is 5.91 Å². The van der Waals surface area contributed by atoms with E-state index in [1.54, 1.807) is 0 Å². The van der Waals surface area contributed by atoms with Crippen LogP contribution in [0.25, 0.3) is 0 Å². The van der Waals surface area contributed by atoms with Gasteiger partial charge >= 0.3 is 6.09 Å². The van der Waals surface area contributed by atoms with Crippen LogP contribution in [-0.4, -0.2) is 42.6 Å². The number of likely N-dealkylation sites (tertiary alicyclic amines) is 1. The minimum Gasteiger partial charge on any atom is -0.449 e. The molecule has 126 valence electrons. The molecule has 0 spiro atoms. The van der Waals surface area contributed by atoms with Gasteiger partial charge in [-0.25, -0.2) is 4.79 Å². The Bertz CT molecular complexity index is 537. The molecule has 1 fully saturated rings. The first-order valence-electron chi connectivity index (χ1n) is 7.94. The molecule has 1 aliphatic heterocycles. The minimum atomic E-state index is -0.364. The van der Waals surface area contributed by atoms with E-state index in [4.69, 9.17) is 4.74 Å². The van der Waals surface area contributed by atoms with E-state index in [-0.39, 0.29) is 18.0 Å². The summed E-state index contributed by atoms with van der Waals surface area (Å²) in [4.78, 5) is 25.9. The second kappa shape index (κ2) is 8.34. The van der Waals surface area contributed by atoms with Gasteiger partial charge in [0.05, 0.1) is 6.61 Å². The van der Waals surface area contributed by atoms with Gasteiger partial charge in [-0.3, -0.25) is 4.79 Å². The zero-order valence-electron chi connectivity index (χ0n) is 13.5. The number of hydrogen-bond acceptors (Lipinski definition) is 3. The fourth-order valence-corrected chi connectivity index (χ4v) is 2.72. The lowest BCUT2D eigenvalue weighted by Gasteiger charge is -2.32. The van der Waals surface area contributed by atoms with Crippen molar-refractivity contribution >= 4 is 27.9 Å². The molecular weight excluding hydrogens is 360 g/mol. The maximum Gasteiger partial charge on any atom is 0.407 e. The van der Waals surface area contributed by atoms with Crippen molar-refractivity contribution in [3.63, 3.8) is 0 Å². The summed E-state index contributed by atoms with van der Waals surface area (Å²) in [5.74, 6) is 0.365. The van der Waals surface area contributed by atoms with Crippen molar-refractivity contribution < 1.29 is 14.3 Å². The molecule has 0 unspecified atom stereocenters. The Morgan fingerprint density at radius 2 is 1.87 bits per heavy atom. The predicted molar refractivity (Wildman–Crippen MR) is 92.4 cm³/mol. The summed E-state index contributed by atoms with van der Waals surface area (Å²) in [5, 5.41) is 2.88. The quantitative estimate of drug-likeness (QED) is 0.867. The normalized spacial score (nSPS) is 15.6. The fourth-order valence-electron chi connectivity index (χ4n) is 2.45. The zero-order chi connectivity index (χ0) is 16.8. The topological polar surface area (TPSA) is 58.6 Å². The first kappa shape index (κ1) is 17.8. The van der Waals surface area contributed by atoms with Crippen LogP contribution in [0.2, 0.25) is 0 Å². The maximum absolute atomic E-state index is 12.4. The molecule has 23 heavy (non-hydrogen) atoms. The Kier molecular flexibility index (Phi) is 6.45. The van der Waals surface area contributed by atoms with E-state index in [0.717, 1.165) is 17.3 Å². The molecule has 0 bridgehead atoms. The second-order valence-electron chi connectivity index (χ2n) is 6.21. The second-order valence-corrected chi connectivity index (χ2v) is 7.13. The summed E-state index contributed by atoms with van der Waals surface area (Å²) < 4.78 is 6.08. The molecule has 1 heterocycles. The van der Waals surface area contributed by atoms with Gasteiger partial charge in [0, 0.05) is 29.2 Å². The number of piperidine rings is 1. The van der Waals surface area contributed by atoms with Crippen LogP contribution in [0.5, 0.6) is 0 Å². The molecule has 0 aliphatic carbocycles. The van der Waals surface area contributed by atoms with Gasteiger partial charge in [0.15, 0.2) is 0 Å². The standard InChI is InChI=1S/C17H23BrN2O3/c1-12(2)11-23-17(22)19-15-7-9-20(10-8-15)16(21)13-3-5-14(18)6-4-13/h3-6,12,15H,7-11H2,1-2H3,(H,19,22). The molecule has 2 amide bonds. The molecule has 0 radical (unpaired) electrons. The minimum absolute atomic E-state index is 0.0401. The van der Waals surface area contributed by atoms with Crippen LogP contribution in [0.4, 0.5) is 4.79 Å². The Balaban J connectivity index is 1.78. The Morgan fingerprint density at radius 1 is 1.26 bits per heavy atom. The highest BCUT2D eigenvalue weighted by Crippen LogP contribution is 2.16. The maximum atomic E-state index is 12.4. The summed E-state index contributed by atoms with van der Waals surface area (Å²) in [6.45, 7) is 5.71. The molecule has 1 saturated heterocycles. The third kappa shape index (κ3) is 5.53. The summed E-state index contributed by atoms with van der Waals surface area (Å²) >= 11 is 3.37.